The van der Waals surface area contributed by atoms with Crippen molar-refractivity contribution < 1.29 is 22.6 Å². The van der Waals surface area contributed by atoms with E-state index in [4.69, 9.17) is 4.74 Å². The SMILES string of the molecule is COCCc1nncn1C1CN(Cc2ccc(OC(F)(F)F)cc2)C1. The Morgan fingerprint density at radius 1 is 1.20 bits per heavy atom. The van der Waals surface area contributed by atoms with Gasteiger partial charge in [-0.25, -0.2) is 0 Å². The van der Waals surface area contributed by atoms with Crippen LogP contribution in [0.4, 0.5) is 13.2 Å². The molecule has 0 N–H and O–H groups in total. The van der Waals surface area contributed by atoms with E-state index in [0.29, 0.717) is 25.6 Å². The number of benzene rings is 1. The van der Waals surface area contributed by atoms with E-state index >= 15 is 0 Å². The standard InChI is InChI=1S/C16H19F3N4O2/c1-24-7-6-15-21-20-11-23(15)13-9-22(10-13)8-12-2-4-14(5-3-12)25-16(17,18)19/h2-5,11,13H,6-10H2,1H3. The third-order valence-electron chi connectivity index (χ3n) is 4.07. The lowest BCUT2D eigenvalue weighted by Crippen LogP contribution is -2.47. The first-order valence-corrected chi connectivity index (χ1v) is 7.89. The molecule has 2 aromatic rings. The van der Waals surface area contributed by atoms with Crippen molar-refractivity contribution in [3.63, 3.8) is 0 Å². The molecular formula is C16H19F3N4O2. The number of ether oxygens (including phenoxy) is 2. The van der Waals surface area contributed by atoms with Crippen LogP contribution in [0.5, 0.6) is 5.75 Å². The second kappa shape index (κ2) is 7.40. The van der Waals surface area contributed by atoms with E-state index in [1.165, 1.54) is 12.1 Å². The Morgan fingerprint density at radius 2 is 1.92 bits per heavy atom. The van der Waals surface area contributed by atoms with Crippen molar-refractivity contribution in [1.82, 2.24) is 19.7 Å². The highest BCUT2D eigenvalue weighted by Crippen LogP contribution is 2.26. The van der Waals surface area contributed by atoms with Crippen molar-refractivity contribution in [3.05, 3.63) is 42.0 Å². The molecule has 1 aromatic heterocycles. The largest absolute Gasteiger partial charge is 0.573 e. The number of likely N-dealkylation sites (tertiary alicyclic amines) is 1. The van der Waals surface area contributed by atoms with E-state index < -0.39 is 6.36 Å². The summed E-state index contributed by atoms with van der Waals surface area (Å²) in [5, 5.41) is 8.07. The fourth-order valence-corrected chi connectivity index (χ4v) is 2.85. The molecule has 136 valence electrons. The van der Waals surface area contributed by atoms with Crippen molar-refractivity contribution in [1.29, 1.82) is 0 Å². The number of aromatic nitrogens is 3. The summed E-state index contributed by atoms with van der Waals surface area (Å²) in [6.07, 6.45) is -2.21. The maximum Gasteiger partial charge on any atom is 0.573 e. The van der Waals surface area contributed by atoms with Crippen LogP contribution in [0.3, 0.4) is 0 Å². The Morgan fingerprint density at radius 3 is 2.56 bits per heavy atom. The van der Waals surface area contributed by atoms with Gasteiger partial charge in [-0.1, -0.05) is 12.1 Å². The molecule has 2 heterocycles. The molecule has 0 atom stereocenters. The molecule has 1 aliphatic rings. The molecule has 0 radical (unpaired) electrons. The second-order valence-electron chi connectivity index (χ2n) is 5.94. The highest BCUT2D eigenvalue weighted by Gasteiger charge is 2.31. The van der Waals surface area contributed by atoms with Crippen LogP contribution < -0.4 is 4.74 Å². The normalized spacial score (nSPS) is 16.0. The maximum absolute atomic E-state index is 12.2. The summed E-state index contributed by atoms with van der Waals surface area (Å²) in [6.45, 7) is 2.97. The smallest absolute Gasteiger partial charge is 0.406 e. The van der Waals surface area contributed by atoms with Gasteiger partial charge in [-0.15, -0.1) is 23.4 Å². The summed E-state index contributed by atoms with van der Waals surface area (Å²) in [6, 6.07) is 6.29. The van der Waals surface area contributed by atoms with Crippen LogP contribution in [-0.2, 0) is 17.7 Å². The van der Waals surface area contributed by atoms with E-state index in [0.717, 1.165) is 24.5 Å². The summed E-state index contributed by atoms with van der Waals surface area (Å²) in [4.78, 5) is 2.21. The lowest BCUT2D eigenvalue weighted by atomic mass is 10.1. The molecule has 6 nitrogen and oxygen atoms in total. The van der Waals surface area contributed by atoms with Crippen LogP contribution in [0.25, 0.3) is 0 Å². The van der Waals surface area contributed by atoms with Crippen molar-refractivity contribution in [2.24, 2.45) is 0 Å². The molecule has 0 bridgehead atoms. The summed E-state index contributed by atoms with van der Waals surface area (Å²) in [5.41, 5.74) is 0.941. The van der Waals surface area contributed by atoms with Crippen LogP contribution in [-0.4, -0.2) is 52.8 Å². The first kappa shape index (κ1) is 17.7. The van der Waals surface area contributed by atoms with Crippen LogP contribution in [0.1, 0.15) is 17.4 Å². The highest BCUT2D eigenvalue weighted by molar-refractivity contribution is 5.27. The number of alkyl halides is 3. The van der Waals surface area contributed by atoms with E-state index in [-0.39, 0.29) is 5.75 Å². The van der Waals surface area contributed by atoms with Gasteiger partial charge in [-0.2, -0.15) is 0 Å². The minimum Gasteiger partial charge on any atom is -0.406 e. The van der Waals surface area contributed by atoms with Gasteiger partial charge in [0.25, 0.3) is 0 Å². The fourth-order valence-electron chi connectivity index (χ4n) is 2.85. The van der Waals surface area contributed by atoms with Crippen molar-refractivity contribution >= 4 is 0 Å². The molecule has 1 aromatic carbocycles. The van der Waals surface area contributed by atoms with Crippen molar-refractivity contribution in [2.75, 3.05) is 26.8 Å². The Labute approximate surface area is 143 Å². The van der Waals surface area contributed by atoms with Gasteiger partial charge < -0.3 is 14.0 Å². The second-order valence-corrected chi connectivity index (χ2v) is 5.94. The molecule has 0 unspecified atom stereocenters. The first-order valence-electron chi connectivity index (χ1n) is 7.89. The zero-order valence-electron chi connectivity index (χ0n) is 13.7. The average molecular weight is 356 g/mol. The van der Waals surface area contributed by atoms with Gasteiger partial charge in [-0.3, -0.25) is 4.90 Å². The zero-order valence-corrected chi connectivity index (χ0v) is 13.7. The lowest BCUT2D eigenvalue weighted by Gasteiger charge is -2.40. The number of rotatable bonds is 7. The molecule has 0 amide bonds. The van der Waals surface area contributed by atoms with Gasteiger partial charge >= 0.3 is 6.36 Å². The Bertz CT molecular complexity index is 681. The van der Waals surface area contributed by atoms with Crippen molar-refractivity contribution in [2.45, 2.75) is 25.4 Å². The fraction of sp³-hybridized carbons (Fsp3) is 0.500. The monoisotopic (exact) mass is 356 g/mol. The van der Waals surface area contributed by atoms with Gasteiger partial charge in [-0.05, 0) is 17.7 Å². The zero-order chi connectivity index (χ0) is 17.9. The molecule has 3 rings (SSSR count). The number of nitrogens with zero attached hydrogens (tertiary/aromatic N) is 4. The molecule has 1 aliphatic heterocycles. The van der Waals surface area contributed by atoms with Gasteiger partial charge in [0.15, 0.2) is 0 Å². The van der Waals surface area contributed by atoms with Crippen LogP contribution >= 0.6 is 0 Å². The summed E-state index contributed by atoms with van der Waals surface area (Å²) in [7, 11) is 1.65. The predicted octanol–water partition coefficient (Wildman–Crippen LogP) is 2.42. The van der Waals surface area contributed by atoms with E-state index in [1.54, 1.807) is 25.6 Å². The van der Waals surface area contributed by atoms with Crippen LogP contribution in [0.15, 0.2) is 30.6 Å². The van der Waals surface area contributed by atoms with E-state index in [2.05, 4.69) is 24.4 Å². The molecule has 1 saturated heterocycles. The minimum absolute atomic E-state index is 0.204. The molecular weight excluding hydrogens is 337 g/mol. The summed E-state index contributed by atoms with van der Waals surface area (Å²) < 4.78 is 47.5. The average Bonchev–Trinajstić information content (AvgIpc) is 2.96. The molecule has 1 fully saturated rings. The first-order chi connectivity index (χ1) is 11.9. The van der Waals surface area contributed by atoms with Crippen molar-refractivity contribution in [3.8, 4) is 5.75 Å². The lowest BCUT2D eigenvalue weighted by molar-refractivity contribution is -0.274. The van der Waals surface area contributed by atoms with Crippen LogP contribution in [0.2, 0.25) is 0 Å². The topological polar surface area (TPSA) is 52.4 Å². The molecule has 0 saturated carbocycles. The number of halogens is 3. The summed E-state index contributed by atoms with van der Waals surface area (Å²) >= 11 is 0. The van der Waals surface area contributed by atoms with E-state index in [1.807, 2.05) is 0 Å². The maximum atomic E-state index is 12.2. The Balaban J connectivity index is 1.50. The third-order valence-corrected chi connectivity index (χ3v) is 4.07. The minimum atomic E-state index is -4.66. The van der Waals surface area contributed by atoms with Crippen LogP contribution in [0, 0.1) is 0 Å². The van der Waals surface area contributed by atoms with E-state index in [9.17, 15) is 13.2 Å². The molecule has 0 aliphatic carbocycles. The third kappa shape index (κ3) is 4.70. The highest BCUT2D eigenvalue weighted by atomic mass is 19.4. The Kier molecular flexibility index (Phi) is 5.24. The molecule has 9 heteroatoms. The van der Waals surface area contributed by atoms with Gasteiger partial charge in [0.2, 0.25) is 0 Å². The number of hydrogen-bond donors (Lipinski definition) is 0. The van der Waals surface area contributed by atoms with Gasteiger partial charge in [0.05, 0.1) is 12.6 Å². The molecule has 25 heavy (non-hydrogen) atoms. The summed E-state index contributed by atoms with van der Waals surface area (Å²) in [5.74, 6) is 0.699. The predicted molar refractivity (Wildman–Crippen MR) is 83.0 cm³/mol. The van der Waals surface area contributed by atoms with Gasteiger partial charge in [0, 0.05) is 33.2 Å². The number of hydrogen-bond acceptors (Lipinski definition) is 5. The molecule has 0 spiro atoms. The number of methoxy groups -OCH3 is 1. The van der Waals surface area contributed by atoms with Gasteiger partial charge in [0.1, 0.15) is 17.9 Å². The Hall–Kier alpha value is -2.13. The quantitative estimate of drug-likeness (QED) is 0.763.